The van der Waals surface area contributed by atoms with Gasteiger partial charge in [0.15, 0.2) is 0 Å². The molecule has 0 aliphatic carbocycles. The fourth-order valence-electron chi connectivity index (χ4n) is 1.74. The highest BCUT2D eigenvalue weighted by molar-refractivity contribution is 7.89. The van der Waals surface area contributed by atoms with Crippen molar-refractivity contribution in [2.24, 2.45) is 5.14 Å². The van der Waals surface area contributed by atoms with Crippen LogP contribution in [0.15, 0.2) is 17.0 Å². The molecule has 0 saturated heterocycles. The Morgan fingerprint density at radius 3 is 2.57 bits per heavy atom. The highest BCUT2D eigenvalue weighted by Crippen LogP contribution is 2.25. The van der Waals surface area contributed by atoms with Crippen LogP contribution >= 0.6 is 11.6 Å². The number of likely N-dealkylation sites (N-methyl/N-ethyl adjacent to an activating group) is 1. The summed E-state index contributed by atoms with van der Waals surface area (Å²) in [6.07, 6.45) is 0. The fourth-order valence-corrected chi connectivity index (χ4v) is 2.84. The summed E-state index contributed by atoms with van der Waals surface area (Å²) in [5.41, 5.74) is 0.501. The van der Waals surface area contributed by atoms with E-state index in [1.807, 2.05) is 6.92 Å². The van der Waals surface area contributed by atoms with Crippen LogP contribution < -0.4 is 5.14 Å². The number of rotatable bonds is 6. The van der Waals surface area contributed by atoms with Crippen LogP contribution in [0.25, 0.3) is 0 Å². The van der Waals surface area contributed by atoms with Crippen molar-refractivity contribution in [3.63, 3.8) is 0 Å². The highest BCUT2D eigenvalue weighted by Gasteiger charge is 2.20. The molecule has 21 heavy (non-hydrogen) atoms. The molecule has 0 aliphatic rings. The Hall–Kier alpha value is -1.15. The standard InChI is InChI=1S/C13H19ClN2O4S/c1-4-20-6-5-16(3)13(17)10-7-11(14)9(2)12(8-10)21(15,18)19/h7-8H,4-6H2,1-3H3,(H2,15,18,19). The number of hydrogen-bond donors (Lipinski definition) is 1. The summed E-state index contributed by atoms with van der Waals surface area (Å²) in [5.74, 6) is -0.346. The maximum atomic E-state index is 12.3. The smallest absolute Gasteiger partial charge is 0.253 e. The van der Waals surface area contributed by atoms with Crippen LogP contribution in [0, 0.1) is 6.92 Å². The lowest BCUT2D eigenvalue weighted by Gasteiger charge is -2.18. The second kappa shape index (κ2) is 7.22. The largest absolute Gasteiger partial charge is 0.380 e. The monoisotopic (exact) mass is 334 g/mol. The quantitative estimate of drug-likeness (QED) is 0.796. The summed E-state index contributed by atoms with van der Waals surface area (Å²) in [7, 11) is -2.34. The summed E-state index contributed by atoms with van der Waals surface area (Å²) < 4.78 is 28.2. The molecular weight excluding hydrogens is 316 g/mol. The molecule has 2 N–H and O–H groups in total. The molecule has 1 rings (SSSR count). The van der Waals surface area contributed by atoms with Gasteiger partial charge in [0.2, 0.25) is 10.0 Å². The van der Waals surface area contributed by atoms with Gasteiger partial charge in [0.1, 0.15) is 0 Å². The number of nitrogens with two attached hydrogens (primary N) is 1. The van der Waals surface area contributed by atoms with E-state index in [0.29, 0.717) is 25.3 Å². The Kier molecular flexibility index (Phi) is 6.15. The van der Waals surface area contributed by atoms with Gasteiger partial charge >= 0.3 is 0 Å². The van der Waals surface area contributed by atoms with Crippen LogP contribution in [0.1, 0.15) is 22.8 Å². The average Bonchev–Trinajstić information content (AvgIpc) is 2.39. The molecule has 0 bridgehead atoms. The molecule has 0 heterocycles. The van der Waals surface area contributed by atoms with Crippen molar-refractivity contribution >= 4 is 27.5 Å². The van der Waals surface area contributed by atoms with Crippen LogP contribution in [0.3, 0.4) is 0 Å². The van der Waals surface area contributed by atoms with Crippen LogP contribution in [-0.4, -0.2) is 46.0 Å². The summed E-state index contributed by atoms with van der Waals surface area (Å²) in [6, 6.07) is 2.68. The summed E-state index contributed by atoms with van der Waals surface area (Å²) in [6.45, 7) is 4.76. The molecule has 0 aliphatic heterocycles. The van der Waals surface area contributed by atoms with Gasteiger partial charge in [-0.25, -0.2) is 13.6 Å². The van der Waals surface area contributed by atoms with Gasteiger partial charge in [-0.2, -0.15) is 0 Å². The molecule has 0 unspecified atom stereocenters. The van der Waals surface area contributed by atoms with Crippen LogP contribution in [0.2, 0.25) is 5.02 Å². The number of primary sulfonamides is 1. The van der Waals surface area contributed by atoms with Crippen molar-refractivity contribution in [3.8, 4) is 0 Å². The first-order valence-electron chi connectivity index (χ1n) is 6.34. The van der Waals surface area contributed by atoms with E-state index in [4.69, 9.17) is 21.5 Å². The Balaban J connectivity index is 3.09. The lowest BCUT2D eigenvalue weighted by atomic mass is 10.1. The number of carbonyl (C=O) groups excluding carboxylic acids is 1. The number of amides is 1. The molecular formula is C13H19ClN2O4S. The van der Waals surface area contributed by atoms with Gasteiger partial charge in [0.25, 0.3) is 5.91 Å². The average molecular weight is 335 g/mol. The number of carbonyl (C=O) groups is 1. The number of hydrogen-bond acceptors (Lipinski definition) is 4. The first-order chi connectivity index (χ1) is 9.68. The molecule has 1 amide bonds. The minimum atomic E-state index is -3.94. The van der Waals surface area contributed by atoms with E-state index in [0.717, 1.165) is 0 Å². The third-order valence-corrected chi connectivity index (χ3v) is 4.40. The van der Waals surface area contributed by atoms with Crippen molar-refractivity contribution in [1.82, 2.24) is 4.90 Å². The second-order valence-corrected chi connectivity index (χ2v) is 6.49. The van der Waals surface area contributed by atoms with E-state index in [1.165, 1.54) is 24.0 Å². The lowest BCUT2D eigenvalue weighted by Crippen LogP contribution is -2.30. The van der Waals surface area contributed by atoms with Crippen molar-refractivity contribution in [3.05, 3.63) is 28.3 Å². The molecule has 8 heteroatoms. The van der Waals surface area contributed by atoms with Crippen molar-refractivity contribution in [2.75, 3.05) is 26.8 Å². The maximum absolute atomic E-state index is 12.3. The predicted octanol–water partition coefficient (Wildman–Crippen LogP) is 1.40. The molecule has 0 atom stereocenters. The topological polar surface area (TPSA) is 89.7 Å². The summed E-state index contributed by atoms with van der Waals surface area (Å²) in [5, 5.41) is 5.32. The van der Waals surface area contributed by atoms with Gasteiger partial charge in [-0.1, -0.05) is 11.6 Å². The minimum Gasteiger partial charge on any atom is -0.380 e. The molecule has 1 aromatic carbocycles. The number of benzene rings is 1. The third kappa shape index (κ3) is 4.67. The van der Waals surface area contributed by atoms with Gasteiger partial charge in [-0.15, -0.1) is 0 Å². The molecule has 118 valence electrons. The van der Waals surface area contributed by atoms with E-state index in [9.17, 15) is 13.2 Å². The van der Waals surface area contributed by atoms with Gasteiger partial charge in [0.05, 0.1) is 11.5 Å². The molecule has 0 spiro atoms. The summed E-state index contributed by atoms with van der Waals surface area (Å²) in [4.78, 5) is 13.5. The Morgan fingerprint density at radius 1 is 1.43 bits per heavy atom. The molecule has 0 aromatic heterocycles. The lowest BCUT2D eigenvalue weighted by molar-refractivity contribution is 0.0709. The predicted molar refractivity (Wildman–Crippen MR) is 81.0 cm³/mol. The molecule has 0 fully saturated rings. The third-order valence-electron chi connectivity index (χ3n) is 2.97. The number of nitrogens with zero attached hydrogens (tertiary/aromatic N) is 1. The van der Waals surface area contributed by atoms with Crippen molar-refractivity contribution in [2.45, 2.75) is 18.7 Å². The Labute approximate surface area is 129 Å². The Morgan fingerprint density at radius 2 is 2.05 bits per heavy atom. The second-order valence-electron chi connectivity index (χ2n) is 4.55. The van der Waals surface area contributed by atoms with Gasteiger partial charge in [-0.3, -0.25) is 4.79 Å². The van der Waals surface area contributed by atoms with Crippen LogP contribution in [-0.2, 0) is 14.8 Å². The van der Waals surface area contributed by atoms with Gasteiger partial charge in [0, 0.05) is 30.8 Å². The number of sulfonamides is 1. The fraction of sp³-hybridized carbons (Fsp3) is 0.462. The zero-order valence-corrected chi connectivity index (χ0v) is 13.8. The van der Waals surface area contributed by atoms with E-state index in [-0.39, 0.29) is 21.4 Å². The van der Waals surface area contributed by atoms with Gasteiger partial charge in [-0.05, 0) is 31.5 Å². The van der Waals surface area contributed by atoms with Crippen LogP contribution in [0.5, 0.6) is 0 Å². The zero-order valence-electron chi connectivity index (χ0n) is 12.2. The van der Waals surface area contributed by atoms with E-state index >= 15 is 0 Å². The summed E-state index contributed by atoms with van der Waals surface area (Å²) >= 11 is 5.99. The number of halogens is 1. The number of ether oxygens (including phenoxy) is 1. The van der Waals surface area contributed by atoms with Gasteiger partial charge < -0.3 is 9.64 Å². The normalized spacial score (nSPS) is 11.5. The zero-order chi connectivity index (χ0) is 16.2. The van der Waals surface area contributed by atoms with E-state index < -0.39 is 10.0 Å². The maximum Gasteiger partial charge on any atom is 0.253 e. The molecule has 0 saturated carbocycles. The molecule has 0 radical (unpaired) electrons. The Bertz CT molecular complexity index is 631. The molecule has 1 aromatic rings. The first-order valence-corrected chi connectivity index (χ1v) is 8.27. The minimum absolute atomic E-state index is 0.142. The SMILES string of the molecule is CCOCCN(C)C(=O)c1cc(Cl)c(C)c(S(N)(=O)=O)c1. The van der Waals surface area contributed by atoms with Crippen molar-refractivity contribution in [1.29, 1.82) is 0 Å². The van der Waals surface area contributed by atoms with E-state index in [2.05, 4.69) is 0 Å². The van der Waals surface area contributed by atoms with Crippen LogP contribution in [0.4, 0.5) is 0 Å². The first kappa shape index (κ1) is 17.9. The highest BCUT2D eigenvalue weighted by atomic mass is 35.5. The van der Waals surface area contributed by atoms with Crippen molar-refractivity contribution < 1.29 is 17.9 Å². The van der Waals surface area contributed by atoms with E-state index in [1.54, 1.807) is 7.05 Å². The molecule has 6 nitrogen and oxygen atoms in total.